The normalized spacial score (nSPS) is 11.3. The average molecular weight is 447 g/mol. The number of hydrogen-bond donors (Lipinski definition) is 1. The van der Waals surface area contributed by atoms with Crippen molar-refractivity contribution in [1.29, 1.82) is 0 Å². The number of para-hydroxylation sites is 1. The number of aromatic nitrogens is 2. The van der Waals surface area contributed by atoms with E-state index in [4.69, 9.17) is 11.6 Å². The first kappa shape index (κ1) is 21.6. The maximum atomic E-state index is 12.8. The van der Waals surface area contributed by atoms with Crippen LogP contribution in [0.5, 0.6) is 0 Å². The van der Waals surface area contributed by atoms with Crippen LogP contribution >= 0.6 is 11.6 Å². The molecule has 2 aromatic heterocycles. The first-order valence-electron chi connectivity index (χ1n) is 10.3. The Morgan fingerprint density at radius 3 is 2.62 bits per heavy atom. The first-order valence-corrected chi connectivity index (χ1v) is 10.7. The maximum Gasteiger partial charge on any atom is 0.276 e. The largest absolute Gasteiger partial charge is 0.344 e. The SMILES string of the molecule is CCn1c(C)c(/C=N\NC(=O)c2cccn(Cc3ccccc3Cl)c2=O)c2ccccc21. The highest BCUT2D eigenvalue weighted by Gasteiger charge is 2.14. The van der Waals surface area contributed by atoms with Crippen LogP contribution in [-0.4, -0.2) is 21.3 Å². The van der Waals surface area contributed by atoms with Crippen molar-refractivity contribution in [2.75, 3.05) is 0 Å². The minimum atomic E-state index is -0.559. The second-order valence-corrected chi connectivity index (χ2v) is 7.81. The molecule has 2 aromatic carbocycles. The summed E-state index contributed by atoms with van der Waals surface area (Å²) in [6.07, 6.45) is 3.27. The van der Waals surface area contributed by atoms with Gasteiger partial charge in [-0.3, -0.25) is 9.59 Å². The number of amides is 1. The Morgan fingerprint density at radius 2 is 1.84 bits per heavy atom. The predicted octanol–water partition coefficient (Wildman–Crippen LogP) is 4.60. The molecule has 6 nitrogen and oxygen atoms in total. The Kier molecular flexibility index (Phi) is 6.23. The van der Waals surface area contributed by atoms with Crippen molar-refractivity contribution in [3.63, 3.8) is 0 Å². The highest BCUT2D eigenvalue weighted by atomic mass is 35.5. The molecule has 0 radical (unpaired) electrons. The summed E-state index contributed by atoms with van der Waals surface area (Å²) in [6, 6.07) is 18.5. The first-order chi connectivity index (χ1) is 15.5. The number of fused-ring (bicyclic) bond motifs is 1. The summed E-state index contributed by atoms with van der Waals surface area (Å²) in [5, 5.41) is 5.77. The Labute approximate surface area is 190 Å². The molecule has 0 atom stereocenters. The molecule has 4 rings (SSSR count). The molecular weight excluding hydrogens is 424 g/mol. The van der Waals surface area contributed by atoms with E-state index >= 15 is 0 Å². The van der Waals surface area contributed by atoms with E-state index in [1.54, 1.807) is 24.5 Å². The molecule has 0 saturated carbocycles. The topological polar surface area (TPSA) is 68.4 Å². The van der Waals surface area contributed by atoms with Crippen molar-refractivity contribution in [2.45, 2.75) is 26.9 Å². The molecule has 7 heteroatoms. The van der Waals surface area contributed by atoms with E-state index in [1.807, 2.05) is 43.3 Å². The van der Waals surface area contributed by atoms with Crippen LogP contribution in [0, 0.1) is 6.92 Å². The molecule has 1 N–H and O–H groups in total. The van der Waals surface area contributed by atoms with Gasteiger partial charge in [0.2, 0.25) is 0 Å². The molecule has 0 spiro atoms. The number of nitrogens with zero attached hydrogens (tertiary/aromatic N) is 3. The number of nitrogens with one attached hydrogen (secondary N) is 1. The van der Waals surface area contributed by atoms with Crippen molar-refractivity contribution in [2.24, 2.45) is 5.10 Å². The number of hydrazone groups is 1. The van der Waals surface area contributed by atoms with E-state index in [2.05, 4.69) is 28.1 Å². The lowest BCUT2D eigenvalue weighted by Gasteiger charge is -2.09. The minimum Gasteiger partial charge on any atom is -0.344 e. The summed E-state index contributed by atoms with van der Waals surface area (Å²) in [6.45, 7) is 5.22. The van der Waals surface area contributed by atoms with Gasteiger partial charge in [0, 0.05) is 39.9 Å². The molecule has 0 aliphatic rings. The van der Waals surface area contributed by atoms with Gasteiger partial charge in [-0.25, -0.2) is 5.43 Å². The molecule has 0 unspecified atom stereocenters. The Bertz CT molecular complexity index is 1380. The monoisotopic (exact) mass is 446 g/mol. The van der Waals surface area contributed by atoms with Crippen molar-refractivity contribution < 1.29 is 4.79 Å². The Morgan fingerprint density at radius 1 is 1.09 bits per heavy atom. The van der Waals surface area contributed by atoms with Crippen LogP contribution < -0.4 is 11.0 Å². The fraction of sp³-hybridized carbons (Fsp3) is 0.160. The van der Waals surface area contributed by atoms with E-state index in [-0.39, 0.29) is 12.1 Å². The van der Waals surface area contributed by atoms with Gasteiger partial charge < -0.3 is 9.13 Å². The number of aryl methyl sites for hydroxylation is 1. The summed E-state index contributed by atoms with van der Waals surface area (Å²) >= 11 is 6.21. The minimum absolute atomic E-state index is 0.0180. The van der Waals surface area contributed by atoms with Gasteiger partial charge in [0.25, 0.3) is 11.5 Å². The smallest absolute Gasteiger partial charge is 0.276 e. The number of benzene rings is 2. The van der Waals surface area contributed by atoms with Gasteiger partial charge in [0.1, 0.15) is 5.56 Å². The number of hydrogen-bond acceptors (Lipinski definition) is 3. The molecule has 162 valence electrons. The van der Waals surface area contributed by atoms with Crippen LogP contribution in [0.4, 0.5) is 0 Å². The molecule has 4 aromatic rings. The zero-order chi connectivity index (χ0) is 22.7. The molecule has 0 bridgehead atoms. The van der Waals surface area contributed by atoms with Gasteiger partial charge in [-0.15, -0.1) is 0 Å². The summed E-state index contributed by atoms with van der Waals surface area (Å²) in [5.41, 5.74) is 6.02. The van der Waals surface area contributed by atoms with Crippen molar-refractivity contribution in [3.05, 3.63) is 105 Å². The van der Waals surface area contributed by atoms with E-state index in [1.165, 1.54) is 10.6 Å². The van der Waals surface area contributed by atoms with Crippen molar-refractivity contribution in [3.8, 4) is 0 Å². The number of halogens is 1. The van der Waals surface area contributed by atoms with Crippen LogP contribution in [-0.2, 0) is 13.1 Å². The fourth-order valence-electron chi connectivity index (χ4n) is 3.89. The second kappa shape index (κ2) is 9.24. The lowest BCUT2D eigenvalue weighted by Crippen LogP contribution is -2.31. The lowest BCUT2D eigenvalue weighted by atomic mass is 10.1. The Hall–Kier alpha value is -3.64. The van der Waals surface area contributed by atoms with Crippen LogP contribution in [0.2, 0.25) is 5.02 Å². The Balaban J connectivity index is 1.56. The van der Waals surface area contributed by atoms with Crippen LogP contribution in [0.1, 0.15) is 34.1 Å². The van der Waals surface area contributed by atoms with Crippen LogP contribution in [0.3, 0.4) is 0 Å². The van der Waals surface area contributed by atoms with Gasteiger partial charge in [0.05, 0.1) is 12.8 Å². The van der Waals surface area contributed by atoms with E-state index in [0.29, 0.717) is 5.02 Å². The van der Waals surface area contributed by atoms with Gasteiger partial charge in [0.15, 0.2) is 0 Å². The van der Waals surface area contributed by atoms with Gasteiger partial charge >= 0.3 is 0 Å². The van der Waals surface area contributed by atoms with Crippen LogP contribution in [0.15, 0.2) is 76.8 Å². The van der Waals surface area contributed by atoms with Crippen molar-refractivity contribution >= 4 is 34.6 Å². The third-order valence-electron chi connectivity index (χ3n) is 5.52. The second-order valence-electron chi connectivity index (χ2n) is 7.41. The predicted molar refractivity (Wildman–Crippen MR) is 129 cm³/mol. The third-order valence-corrected chi connectivity index (χ3v) is 5.89. The maximum absolute atomic E-state index is 12.8. The summed E-state index contributed by atoms with van der Waals surface area (Å²) in [5.74, 6) is -0.559. The van der Waals surface area contributed by atoms with Gasteiger partial charge in [-0.1, -0.05) is 48.0 Å². The number of rotatable bonds is 6. The zero-order valence-electron chi connectivity index (χ0n) is 17.9. The zero-order valence-corrected chi connectivity index (χ0v) is 18.6. The molecular formula is C25H23ClN4O2. The van der Waals surface area contributed by atoms with Crippen molar-refractivity contribution in [1.82, 2.24) is 14.6 Å². The molecule has 1 amide bonds. The quantitative estimate of drug-likeness (QED) is 0.347. The fourth-order valence-corrected chi connectivity index (χ4v) is 4.08. The highest BCUT2D eigenvalue weighted by molar-refractivity contribution is 6.31. The molecule has 32 heavy (non-hydrogen) atoms. The number of carbonyl (C=O) groups excluding carboxylic acids is 1. The molecule has 0 fully saturated rings. The van der Waals surface area contributed by atoms with E-state index in [9.17, 15) is 9.59 Å². The standard InChI is InChI=1S/C25H23ClN4O2/c1-3-30-17(2)21(19-10-5-7-13-23(19)30)15-27-28-24(31)20-11-8-14-29(25(20)32)16-18-9-4-6-12-22(18)26/h4-15H,3,16H2,1-2H3,(H,28,31)/b27-15-. The summed E-state index contributed by atoms with van der Waals surface area (Å²) < 4.78 is 3.65. The highest BCUT2D eigenvalue weighted by Crippen LogP contribution is 2.24. The van der Waals surface area contributed by atoms with Gasteiger partial charge in [-0.2, -0.15) is 5.10 Å². The molecule has 0 aliphatic carbocycles. The van der Waals surface area contributed by atoms with E-state index < -0.39 is 11.5 Å². The molecule has 0 saturated heterocycles. The van der Waals surface area contributed by atoms with E-state index in [0.717, 1.165) is 34.3 Å². The summed E-state index contributed by atoms with van der Waals surface area (Å²) in [4.78, 5) is 25.5. The molecule has 0 aliphatic heterocycles. The lowest BCUT2D eigenvalue weighted by molar-refractivity contribution is 0.0953. The van der Waals surface area contributed by atoms with Gasteiger partial charge in [-0.05, 0) is 43.7 Å². The number of carbonyl (C=O) groups is 1. The molecule has 2 heterocycles. The van der Waals surface area contributed by atoms with Crippen LogP contribution in [0.25, 0.3) is 10.9 Å². The number of pyridine rings is 1. The third kappa shape index (κ3) is 4.09. The average Bonchev–Trinajstić information content (AvgIpc) is 3.07. The summed E-state index contributed by atoms with van der Waals surface area (Å²) in [7, 11) is 0.